The van der Waals surface area contributed by atoms with Gasteiger partial charge in [0.05, 0.1) is 0 Å². The second-order valence-electron chi connectivity index (χ2n) is 3.69. The Kier molecular flexibility index (Phi) is 10.0. The first-order valence-corrected chi connectivity index (χ1v) is 4.99. The van der Waals surface area contributed by atoms with Crippen molar-refractivity contribution in [3.8, 4) is 0 Å². The lowest BCUT2D eigenvalue weighted by Gasteiger charge is -2.20. The molecule has 98 valence electrons. The Balaban J connectivity index is 0. The molecule has 2 N–H and O–H groups in total. The second kappa shape index (κ2) is 9.22. The largest absolute Gasteiger partial charge is 0.341 e. The fourth-order valence-electron chi connectivity index (χ4n) is 1.32. The molecule has 0 aliphatic heterocycles. The van der Waals surface area contributed by atoms with E-state index < -0.39 is 0 Å². The second-order valence-corrected chi connectivity index (χ2v) is 3.69. The molecule has 1 rings (SSSR count). The Hall–Kier alpha value is -0.840. The lowest BCUT2D eigenvalue weighted by molar-refractivity contribution is -0.133. The van der Waals surface area contributed by atoms with Gasteiger partial charge in [-0.05, 0) is 17.7 Å². The summed E-state index contributed by atoms with van der Waals surface area (Å²) in [6.45, 7) is 2.83. The smallest absolute Gasteiger partial charge is 0.226 e. The van der Waals surface area contributed by atoms with Crippen molar-refractivity contribution in [2.45, 2.75) is 13.5 Å². The summed E-state index contributed by atoms with van der Waals surface area (Å²) in [5.41, 5.74) is 6.52. The van der Waals surface area contributed by atoms with E-state index in [1.165, 1.54) is 0 Å². The zero-order valence-electron chi connectivity index (χ0n) is 10.00. The van der Waals surface area contributed by atoms with E-state index in [1.807, 2.05) is 19.1 Å². The van der Waals surface area contributed by atoms with E-state index in [4.69, 9.17) is 5.73 Å². The third-order valence-corrected chi connectivity index (χ3v) is 2.32. The lowest BCUT2D eigenvalue weighted by Crippen LogP contribution is -2.34. The van der Waals surface area contributed by atoms with E-state index in [1.54, 1.807) is 24.3 Å². The first kappa shape index (κ1) is 18.5. The maximum Gasteiger partial charge on any atom is 0.226 e. The molecule has 0 saturated heterocycles. The number of nitrogens with two attached hydrogens (primary N) is 1. The van der Waals surface area contributed by atoms with Crippen LogP contribution < -0.4 is 5.73 Å². The van der Waals surface area contributed by atoms with Gasteiger partial charge in [-0.2, -0.15) is 0 Å². The fraction of sp³-hybridized carbons (Fsp3) is 0.455. The van der Waals surface area contributed by atoms with Crippen LogP contribution in [0, 0.1) is 5.92 Å². The number of carbonyl (C=O) groups excluding carboxylic acids is 1. The average Bonchev–Trinajstić information content (AvgIpc) is 2.28. The van der Waals surface area contributed by atoms with Crippen molar-refractivity contribution in [1.29, 1.82) is 0 Å². The molecule has 1 aromatic heterocycles. The molecule has 0 fully saturated rings. The lowest BCUT2D eigenvalue weighted by atomic mass is 10.1. The number of pyridine rings is 1. The highest BCUT2D eigenvalue weighted by Crippen LogP contribution is 2.05. The highest BCUT2D eigenvalue weighted by Gasteiger charge is 2.15. The van der Waals surface area contributed by atoms with Crippen molar-refractivity contribution in [2.75, 3.05) is 13.6 Å². The summed E-state index contributed by atoms with van der Waals surface area (Å²) in [7, 11) is 1.79. The van der Waals surface area contributed by atoms with Crippen LogP contribution in [0.3, 0.4) is 0 Å². The maximum atomic E-state index is 11.7. The van der Waals surface area contributed by atoms with E-state index in [2.05, 4.69) is 4.98 Å². The van der Waals surface area contributed by atoms with Crippen molar-refractivity contribution in [2.24, 2.45) is 11.7 Å². The van der Waals surface area contributed by atoms with Crippen molar-refractivity contribution in [3.63, 3.8) is 0 Å². The average molecular weight is 280 g/mol. The van der Waals surface area contributed by atoms with Gasteiger partial charge in [0.15, 0.2) is 0 Å². The molecule has 0 aliphatic rings. The zero-order chi connectivity index (χ0) is 11.3. The van der Waals surface area contributed by atoms with Crippen LogP contribution in [0.1, 0.15) is 12.5 Å². The number of aromatic nitrogens is 1. The third-order valence-electron chi connectivity index (χ3n) is 2.32. The Morgan fingerprint density at radius 3 is 2.41 bits per heavy atom. The van der Waals surface area contributed by atoms with E-state index in [0.29, 0.717) is 13.1 Å². The van der Waals surface area contributed by atoms with Gasteiger partial charge in [-0.1, -0.05) is 6.92 Å². The van der Waals surface area contributed by atoms with Gasteiger partial charge < -0.3 is 10.6 Å². The molecule has 0 saturated carbocycles. The Bertz CT molecular complexity index is 322. The molecule has 0 aromatic carbocycles. The van der Waals surface area contributed by atoms with Crippen LogP contribution in [0.5, 0.6) is 0 Å². The minimum absolute atomic E-state index is 0. The maximum absolute atomic E-state index is 11.7. The van der Waals surface area contributed by atoms with Crippen molar-refractivity contribution in [3.05, 3.63) is 30.1 Å². The number of rotatable bonds is 4. The van der Waals surface area contributed by atoms with Gasteiger partial charge in [0.1, 0.15) is 0 Å². The summed E-state index contributed by atoms with van der Waals surface area (Å²) in [6.07, 6.45) is 3.44. The molecule has 1 heterocycles. The van der Waals surface area contributed by atoms with E-state index >= 15 is 0 Å². The van der Waals surface area contributed by atoms with E-state index in [9.17, 15) is 4.79 Å². The summed E-state index contributed by atoms with van der Waals surface area (Å²) in [5, 5.41) is 0. The van der Waals surface area contributed by atoms with Crippen LogP contribution in [0.25, 0.3) is 0 Å². The molecule has 6 heteroatoms. The molecule has 17 heavy (non-hydrogen) atoms. The van der Waals surface area contributed by atoms with Gasteiger partial charge in [0, 0.05) is 38.4 Å². The zero-order valence-corrected chi connectivity index (χ0v) is 11.6. The fourth-order valence-corrected chi connectivity index (χ4v) is 1.32. The van der Waals surface area contributed by atoms with Crippen LogP contribution in [0.2, 0.25) is 0 Å². The minimum atomic E-state index is -0.114. The Labute approximate surface area is 114 Å². The molecule has 4 nitrogen and oxygen atoms in total. The molecule has 1 aromatic rings. The molecule has 0 radical (unpaired) electrons. The van der Waals surface area contributed by atoms with Crippen molar-refractivity contribution >= 4 is 30.7 Å². The standard InChI is InChI=1S/C11H17N3O.2ClH/c1-9(7-12)11(15)14(2)8-10-3-5-13-6-4-10;;/h3-6,9H,7-8,12H2,1-2H3;2*1H. The Morgan fingerprint density at radius 1 is 1.41 bits per heavy atom. The summed E-state index contributed by atoms with van der Waals surface area (Å²) < 4.78 is 0. The van der Waals surface area contributed by atoms with Crippen molar-refractivity contribution in [1.82, 2.24) is 9.88 Å². The monoisotopic (exact) mass is 279 g/mol. The minimum Gasteiger partial charge on any atom is -0.341 e. The van der Waals surface area contributed by atoms with E-state index in [-0.39, 0.29) is 36.6 Å². The van der Waals surface area contributed by atoms with Gasteiger partial charge in [0.2, 0.25) is 5.91 Å². The third kappa shape index (κ3) is 5.86. The number of carbonyl (C=O) groups is 1. The highest BCUT2D eigenvalue weighted by atomic mass is 35.5. The van der Waals surface area contributed by atoms with Crippen molar-refractivity contribution < 1.29 is 4.79 Å². The first-order valence-electron chi connectivity index (χ1n) is 4.99. The van der Waals surface area contributed by atoms with Crippen LogP contribution in [0.4, 0.5) is 0 Å². The van der Waals surface area contributed by atoms with Crippen LogP contribution in [-0.4, -0.2) is 29.4 Å². The van der Waals surface area contributed by atoms with Crippen LogP contribution in [0.15, 0.2) is 24.5 Å². The molecule has 0 aliphatic carbocycles. The highest BCUT2D eigenvalue weighted by molar-refractivity contribution is 5.85. The molecule has 0 bridgehead atoms. The number of nitrogens with zero attached hydrogens (tertiary/aromatic N) is 2. The normalized spacial score (nSPS) is 10.8. The van der Waals surface area contributed by atoms with Gasteiger partial charge >= 0.3 is 0 Å². The number of hydrogen-bond acceptors (Lipinski definition) is 3. The number of halogens is 2. The number of amides is 1. The summed E-state index contributed by atoms with van der Waals surface area (Å²) in [4.78, 5) is 17.3. The molecule has 1 amide bonds. The molecule has 1 atom stereocenters. The molecule has 1 unspecified atom stereocenters. The SMILES string of the molecule is CC(CN)C(=O)N(C)Cc1ccncc1.Cl.Cl. The van der Waals surface area contributed by atoms with Gasteiger partial charge in [-0.3, -0.25) is 9.78 Å². The Morgan fingerprint density at radius 2 is 1.94 bits per heavy atom. The summed E-state index contributed by atoms with van der Waals surface area (Å²) >= 11 is 0. The quantitative estimate of drug-likeness (QED) is 0.908. The van der Waals surface area contributed by atoms with E-state index in [0.717, 1.165) is 5.56 Å². The predicted molar refractivity (Wildman–Crippen MR) is 73.4 cm³/mol. The van der Waals surface area contributed by atoms with Crippen LogP contribution in [-0.2, 0) is 11.3 Å². The van der Waals surface area contributed by atoms with Gasteiger partial charge in [0.25, 0.3) is 0 Å². The molecular weight excluding hydrogens is 261 g/mol. The van der Waals surface area contributed by atoms with Crippen LogP contribution >= 0.6 is 24.8 Å². The van der Waals surface area contributed by atoms with Gasteiger partial charge in [-0.15, -0.1) is 24.8 Å². The first-order chi connectivity index (χ1) is 7.15. The topological polar surface area (TPSA) is 59.2 Å². The predicted octanol–water partition coefficient (Wildman–Crippen LogP) is 1.48. The number of hydrogen-bond donors (Lipinski definition) is 1. The molecular formula is C11H19Cl2N3O. The summed E-state index contributed by atoms with van der Waals surface area (Å²) in [5.74, 6) is -0.0360. The molecule has 0 spiro atoms. The summed E-state index contributed by atoms with van der Waals surface area (Å²) in [6, 6.07) is 3.80. The van der Waals surface area contributed by atoms with Gasteiger partial charge in [-0.25, -0.2) is 0 Å².